The summed E-state index contributed by atoms with van der Waals surface area (Å²) in [6.45, 7) is 0.258. The lowest BCUT2D eigenvalue weighted by Gasteiger charge is -2.35. The van der Waals surface area contributed by atoms with Crippen molar-refractivity contribution in [3.63, 3.8) is 0 Å². The van der Waals surface area contributed by atoms with Crippen LogP contribution in [-0.4, -0.2) is 11.9 Å². The van der Waals surface area contributed by atoms with Gasteiger partial charge >= 0.3 is 11.7 Å². The van der Waals surface area contributed by atoms with Crippen molar-refractivity contribution in [1.29, 1.82) is 0 Å². The Kier molecular flexibility index (Phi) is 4.12. The summed E-state index contributed by atoms with van der Waals surface area (Å²) in [6, 6.07) is 20.8. The van der Waals surface area contributed by atoms with Gasteiger partial charge in [0.05, 0.1) is 17.9 Å². The molecule has 2 N–H and O–H groups in total. The zero-order valence-corrected chi connectivity index (χ0v) is 17.8. The molecule has 2 aliphatic rings. The lowest BCUT2D eigenvalue weighted by Crippen LogP contribution is -2.59. The minimum atomic E-state index is -1.77. The van der Waals surface area contributed by atoms with E-state index in [1.807, 2.05) is 30.3 Å². The SMILES string of the molecule is O=C1Nc2c(c(=O)oc3ccccc23)C2(N1)C(=O)N(Cc1ccccc1)c1ccc(Cl)cc12. The van der Waals surface area contributed by atoms with Gasteiger partial charge in [-0.1, -0.05) is 54.1 Å². The van der Waals surface area contributed by atoms with E-state index in [4.69, 9.17) is 16.0 Å². The predicted octanol–water partition coefficient (Wildman–Crippen LogP) is 4.37. The number of nitrogens with zero attached hydrogens (tertiary/aromatic N) is 1. The van der Waals surface area contributed by atoms with Crippen molar-refractivity contribution in [2.75, 3.05) is 10.2 Å². The number of halogens is 1. The van der Waals surface area contributed by atoms with Gasteiger partial charge in [0.2, 0.25) is 0 Å². The normalized spacial score (nSPS) is 18.8. The molecule has 6 rings (SSSR count). The molecule has 1 unspecified atom stereocenters. The van der Waals surface area contributed by atoms with Crippen LogP contribution in [0.5, 0.6) is 0 Å². The first-order valence-electron chi connectivity index (χ1n) is 10.3. The highest BCUT2D eigenvalue weighted by atomic mass is 35.5. The van der Waals surface area contributed by atoms with E-state index in [-0.39, 0.29) is 17.8 Å². The first-order chi connectivity index (χ1) is 16.0. The number of para-hydroxylation sites is 1. The summed E-state index contributed by atoms with van der Waals surface area (Å²) in [5.74, 6) is -0.456. The van der Waals surface area contributed by atoms with Gasteiger partial charge in [-0.15, -0.1) is 0 Å². The number of hydrogen-bond donors (Lipinski definition) is 2. The van der Waals surface area contributed by atoms with Crippen LogP contribution in [-0.2, 0) is 16.9 Å². The molecule has 0 aliphatic carbocycles. The third kappa shape index (κ3) is 2.72. The van der Waals surface area contributed by atoms with Gasteiger partial charge in [-0.3, -0.25) is 4.79 Å². The Hall–Kier alpha value is -4.10. The van der Waals surface area contributed by atoms with Crippen LogP contribution in [0.1, 0.15) is 16.7 Å². The summed E-state index contributed by atoms with van der Waals surface area (Å²) in [6.07, 6.45) is 0. The molecule has 1 spiro atoms. The van der Waals surface area contributed by atoms with Crippen LogP contribution in [0, 0.1) is 0 Å². The van der Waals surface area contributed by atoms with Gasteiger partial charge in [-0.2, -0.15) is 0 Å². The van der Waals surface area contributed by atoms with E-state index < -0.39 is 23.1 Å². The molecule has 0 bridgehead atoms. The molecule has 7 nitrogen and oxygen atoms in total. The molecule has 0 saturated heterocycles. The molecule has 0 fully saturated rings. The fourth-order valence-corrected chi connectivity index (χ4v) is 4.93. The second kappa shape index (κ2) is 6.95. The Morgan fingerprint density at radius 2 is 1.70 bits per heavy atom. The number of carbonyl (C=O) groups excluding carboxylic acids is 2. The lowest BCUT2D eigenvalue weighted by atomic mass is 9.82. The van der Waals surface area contributed by atoms with E-state index in [0.717, 1.165) is 5.56 Å². The van der Waals surface area contributed by atoms with E-state index in [9.17, 15) is 14.4 Å². The van der Waals surface area contributed by atoms with Gasteiger partial charge < -0.3 is 20.0 Å². The Bertz CT molecular complexity index is 1530. The average Bonchev–Trinajstić information content (AvgIpc) is 3.02. The highest BCUT2D eigenvalue weighted by Crippen LogP contribution is 2.49. The van der Waals surface area contributed by atoms with Gasteiger partial charge in [-0.05, 0) is 35.9 Å². The van der Waals surface area contributed by atoms with E-state index in [1.165, 1.54) is 0 Å². The maximum Gasteiger partial charge on any atom is 0.344 e. The summed E-state index contributed by atoms with van der Waals surface area (Å²) < 4.78 is 5.58. The molecular weight excluding hydrogens is 442 g/mol. The maximum absolute atomic E-state index is 14.1. The van der Waals surface area contributed by atoms with Crippen molar-refractivity contribution in [1.82, 2.24) is 5.32 Å². The molecule has 3 amide bonds. The third-order valence-corrected chi connectivity index (χ3v) is 6.37. The molecule has 8 heteroatoms. The van der Waals surface area contributed by atoms with E-state index in [0.29, 0.717) is 27.2 Å². The van der Waals surface area contributed by atoms with Crippen molar-refractivity contribution >= 4 is 45.9 Å². The van der Waals surface area contributed by atoms with E-state index in [2.05, 4.69) is 10.6 Å². The number of rotatable bonds is 2. The zero-order chi connectivity index (χ0) is 22.7. The Morgan fingerprint density at radius 3 is 2.52 bits per heavy atom. The van der Waals surface area contributed by atoms with E-state index >= 15 is 0 Å². The van der Waals surface area contributed by atoms with Gasteiger partial charge in [-0.25, -0.2) is 9.59 Å². The minimum absolute atomic E-state index is 0.0323. The minimum Gasteiger partial charge on any atom is -0.422 e. The second-order valence-electron chi connectivity index (χ2n) is 8.00. The standard InChI is InChI=1S/C25H16ClN3O4/c26-15-10-11-18-17(12-15)25(23(31)29(18)13-14-6-2-1-3-7-14)20-21(27-24(32)28-25)16-8-4-5-9-19(16)33-22(20)30/h1-12H,13H2,(H2,27,28,32). The van der Waals surface area contributed by atoms with Crippen molar-refractivity contribution in [3.8, 4) is 0 Å². The molecule has 3 aromatic carbocycles. The summed E-state index contributed by atoms with van der Waals surface area (Å²) >= 11 is 6.32. The fourth-order valence-electron chi connectivity index (χ4n) is 4.75. The molecule has 4 aromatic rings. The van der Waals surface area contributed by atoms with Gasteiger partial charge in [0.25, 0.3) is 5.91 Å². The lowest BCUT2D eigenvalue weighted by molar-refractivity contribution is -0.122. The molecular formula is C25H16ClN3O4. The van der Waals surface area contributed by atoms with Crippen molar-refractivity contribution in [3.05, 3.63) is 105 Å². The summed E-state index contributed by atoms with van der Waals surface area (Å²) in [5, 5.41) is 6.36. The number of fused-ring (bicyclic) bond motifs is 6. The van der Waals surface area contributed by atoms with Crippen molar-refractivity contribution in [2.45, 2.75) is 12.1 Å². The van der Waals surface area contributed by atoms with Crippen LogP contribution in [0.15, 0.2) is 82.0 Å². The van der Waals surface area contributed by atoms with E-state index in [1.54, 1.807) is 47.4 Å². The molecule has 162 valence electrons. The number of benzene rings is 3. The maximum atomic E-state index is 14.1. The summed E-state index contributed by atoms with van der Waals surface area (Å²) in [5.41, 5.74) is 0.0142. The molecule has 0 radical (unpaired) electrons. The molecule has 33 heavy (non-hydrogen) atoms. The van der Waals surface area contributed by atoms with Crippen molar-refractivity contribution in [2.24, 2.45) is 0 Å². The zero-order valence-electron chi connectivity index (χ0n) is 17.1. The topological polar surface area (TPSA) is 91.6 Å². The molecule has 1 aromatic heterocycles. The predicted molar refractivity (Wildman–Crippen MR) is 125 cm³/mol. The summed E-state index contributed by atoms with van der Waals surface area (Å²) in [4.78, 5) is 41.8. The Balaban J connectivity index is 1.66. The van der Waals surface area contributed by atoms with Crippen LogP contribution in [0.4, 0.5) is 16.2 Å². The van der Waals surface area contributed by atoms with Gasteiger partial charge in [0.1, 0.15) is 11.1 Å². The van der Waals surface area contributed by atoms with Crippen LogP contribution >= 0.6 is 11.6 Å². The van der Waals surface area contributed by atoms with Crippen LogP contribution in [0.3, 0.4) is 0 Å². The highest BCUT2D eigenvalue weighted by molar-refractivity contribution is 6.31. The number of amides is 3. The fraction of sp³-hybridized carbons (Fsp3) is 0.0800. The second-order valence-corrected chi connectivity index (χ2v) is 8.44. The largest absolute Gasteiger partial charge is 0.422 e. The quantitative estimate of drug-likeness (QED) is 0.437. The van der Waals surface area contributed by atoms with Crippen LogP contribution in [0.2, 0.25) is 5.02 Å². The summed E-state index contributed by atoms with van der Waals surface area (Å²) in [7, 11) is 0. The highest BCUT2D eigenvalue weighted by Gasteiger charge is 2.58. The number of anilines is 2. The van der Waals surface area contributed by atoms with Gasteiger partial charge in [0.15, 0.2) is 5.54 Å². The molecule has 2 aliphatic heterocycles. The van der Waals surface area contributed by atoms with Crippen molar-refractivity contribution < 1.29 is 14.0 Å². The first-order valence-corrected chi connectivity index (χ1v) is 10.7. The Morgan fingerprint density at radius 1 is 0.939 bits per heavy atom. The average molecular weight is 458 g/mol. The molecule has 3 heterocycles. The Labute approximate surface area is 192 Å². The number of carbonyl (C=O) groups is 2. The number of urea groups is 1. The van der Waals surface area contributed by atoms with Gasteiger partial charge in [0, 0.05) is 16.0 Å². The molecule has 0 saturated carbocycles. The smallest absolute Gasteiger partial charge is 0.344 e. The third-order valence-electron chi connectivity index (χ3n) is 6.13. The number of hydrogen-bond acceptors (Lipinski definition) is 4. The monoisotopic (exact) mass is 457 g/mol. The molecule has 1 atom stereocenters. The van der Waals surface area contributed by atoms with Crippen LogP contribution < -0.4 is 21.2 Å². The van der Waals surface area contributed by atoms with Crippen LogP contribution in [0.25, 0.3) is 11.0 Å². The first kappa shape index (κ1) is 19.6. The number of nitrogens with one attached hydrogen (secondary N) is 2.